The molecule has 103 heavy (non-hydrogen) atoms. The number of aromatic amines is 1. The molecule has 0 radical (unpaired) electrons. The first-order chi connectivity index (χ1) is 49.0. The van der Waals surface area contributed by atoms with Crippen molar-refractivity contribution in [3.05, 3.63) is 253 Å². The number of aliphatic hydroxyl groups is 1. The number of halogens is 3. The molecular formula is C70H72BrClFN26NaO3. The molecule has 17 rings (SSSR count). The molecule has 5 unspecified atom stereocenters. The second-order valence-corrected chi connectivity index (χ2v) is 23.7. The third-order valence-electron chi connectivity index (χ3n) is 15.7. The number of nitrogens with two attached hydrogens (primary N) is 1. The molecule has 5 atom stereocenters. The fraction of sp³-hybridized carbons (Fsp3) is 0.243. The minimum absolute atomic E-state index is 0. The number of fused-ring (bicyclic) bond motifs is 9. The van der Waals surface area contributed by atoms with Gasteiger partial charge < -0.3 is 31.3 Å². The number of imidazole rings is 1. The Morgan fingerprint density at radius 2 is 1.11 bits per heavy atom. The normalized spacial score (nSPS) is 14.3. The van der Waals surface area contributed by atoms with Crippen LogP contribution in [-0.4, -0.2) is 123 Å². The summed E-state index contributed by atoms with van der Waals surface area (Å²) in [4.78, 5) is 85.3. The predicted octanol–water partition coefficient (Wildman–Crippen LogP) is 12.0. The van der Waals surface area contributed by atoms with E-state index in [0.717, 1.165) is 126 Å². The van der Waals surface area contributed by atoms with Crippen LogP contribution in [0.5, 0.6) is 0 Å². The van der Waals surface area contributed by atoms with Crippen molar-refractivity contribution >= 4 is 116 Å². The maximum absolute atomic E-state index is 11.9. The van der Waals surface area contributed by atoms with Crippen molar-refractivity contribution in [2.45, 2.75) is 91.8 Å². The first-order valence-corrected chi connectivity index (χ1v) is 31.8. The number of carbonyl (C=O) groups is 1. The number of anilines is 1. The van der Waals surface area contributed by atoms with Crippen molar-refractivity contribution in [1.29, 1.82) is 0 Å². The SMILES string of the molecule is C.C.CO.Cc1ncc(C)n2nc(C3CC3C(=O)C(C)Br)nc12.Cc1ncc(C)n2nc(C3CC3c3nc4c5cccnc5ccn4c3C)nc12.Clc1nccc2ncccc12.Nc1nccc2ncccc12.O=c1[nH]ccc2ncccc12.[2H]CF.[N-]=[N+]=Nc1nccc2ncccc12.[N-]=[N+]=[N-].[Na+]. The largest absolute Gasteiger partial charge is 1.00 e. The summed E-state index contributed by atoms with van der Waals surface area (Å²) < 4.78 is 21.4. The topological polar surface area (TPSA) is 410 Å². The summed E-state index contributed by atoms with van der Waals surface area (Å²) in [5.74, 6) is 3.73. The van der Waals surface area contributed by atoms with E-state index in [4.69, 9.17) is 55.5 Å². The summed E-state index contributed by atoms with van der Waals surface area (Å²) in [5, 5.41) is 24.6. The van der Waals surface area contributed by atoms with Gasteiger partial charge in [0.1, 0.15) is 28.2 Å². The Morgan fingerprint density at radius 3 is 1.62 bits per heavy atom. The number of nitrogen functional groups attached to an aromatic ring is 1. The number of hydrogen-bond acceptors (Lipinski definition) is 20. The Hall–Kier alpha value is -11.0. The minimum Gasteiger partial charge on any atom is -0.400 e. The van der Waals surface area contributed by atoms with E-state index in [1.54, 1.807) is 86.1 Å². The number of nitrogens with zero attached hydrogens (tertiary/aromatic N) is 24. The van der Waals surface area contributed by atoms with Gasteiger partial charge in [0, 0.05) is 137 Å². The Kier molecular flexibility index (Phi) is 29.4. The Bertz CT molecular complexity index is 5390. The van der Waals surface area contributed by atoms with Crippen molar-refractivity contribution < 1.29 is 45.2 Å². The zero-order chi connectivity index (χ0) is 72.3. The fourth-order valence-electron chi connectivity index (χ4n) is 10.7. The van der Waals surface area contributed by atoms with E-state index in [2.05, 4.69) is 114 Å². The number of rotatable bonds is 6. The van der Waals surface area contributed by atoms with Crippen LogP contribution in [0, 0.1) is 40.5 Å². The average molecular weight is 1480 g/mol. The van der Waals surface area contributed by atoms with Crippen molar-refractivity contribution in [3.8, 4) is 0 Å². The number of nitrogens with one attached hydrogen (secondary N) is 1. The molecule has 0 saturated heterocycles. The molecule has 33 heteroatoms. The maximum atomic E-state index is 11.9. The van der Waals surface area contributed by atoms with Gasteiger partial charge in [-0.1, -0.05) is 42.4 Å². The van der Waals surface area contributed by atoms with Crippen molar-refractivity contribution in [3.63, 3.8) is 0 Å². The molecule has 15 heterocycles. The summed E-state index contributed by atoms with van der Waals surface area (Å²) in [5.41, 5.74) is 40.2. The number of azide groups is 1. The average Bonchev–Trinajstić information content (AvgIpc) is 1.58. The Morgan fingerprint density at radius 1 is 0.641 bits per heavy atom. The first kappa shape index (κ1) is 79.3. The molecule has 2 fully saturated rings. The van der Waals surface area contributed by atoms with Crippen molar-refractivity contribution in [2.75, 3.05) is 20.0 Å². The third-order valence-corrected chi connectivity index (χ3v) is 16.4. The molecule has 0 amide bonds. The molecule has 2 aliphatic rings. The second-order valence-electron chi connectivity index (χ2n) is 22.0. The van der Waals surface area contributed by atoms with Gasteiger partial charge in [-0.3, -0.25) is 58.8 Å². The number of hydrogen-bond donors (Lipinski definition) is 3. The van der Waals surface area contributed by atoms with Gasteiger partial charge in [0.2, 0.25) is 0 Å². The summed E-state index contributed by atoms with van der Waals surface area (Å²) in [7, 11) is 0. The molecular weight excluding hydrogens is 1410 g/mol. The zero-order valence-electron chi connectivity index (χ0n) is 56.8. The van der Waals surface area contributed by atoms with E-state index >= 15 is 0 Å². The van der Waals surface area contributed by atoms with Crippen molar-refractivity contribution in [1.82, 2.24) is 93.4 Å². The molecule has 0 aromatic carbocycles. The monoisotopic (exact) mass is 1480 g/mol. The van der Waals surface area contributed by atoms with Gasteiger partial charge >= 0.3 is 29.6 Å². The number of carbonyl (C=O) groups excluding carboxylic acids is 1. The molecule has 29 nitrogen and oxygen atoms in total. The standard InChI is InChI=1S/C21H19N7.C13H15BrN4O.C8H5ClN2.C8H5N5.C8H7N3.C8H6N2O.CH3F.CH4O.2CH4.N3.Na/c1-11-10-23-12(2)20-25-19(26-28(11)20)16-9-15(16)18-13(3)27-8-6-17-14(21(27)24-18)5-4-7-22-17;1-6-5-15-8(3)13-16-12(17-18(6)13)10-4-9(10)11(19)7(2)14;9-8-6-2-1-4-10-7(6)3-5-11-8;9-13-12-8-6-2-1-4-10-7(6)3-5-11-8;9-8-6-2-1-4-10-7(6)3-5-11-8;11-8-6-2-1-4-9-7(6)3-5-10-8;2*1-2;;;1-3-2;/h4-8,10,15-16H,9H2,1-3H3;5,7,9-10H,4H2,1-3H3;1-5H;1-5H;1-5H,(H2,9,11);1-5H,(H,10,11);1H3;2H,1H3;2*1H4;;/q;;;;;;;;;;-1;+1/i;;;;;;1D;;;;;. The molecule has 15 aromatic heterocycles. The minimum atomic E-state index is -1.00. The van der Waals surface area contributed by atoms with Crippen LogP contribution < -0.4 is 40.9 Å². The summed E-state index contributed by atoms with van der Waals surface area (Å²) in [6, 6.07) is 27.9. The molecule has 4 N–H and O–H groups in total. The van der Waals surface area contributed by atoms with Crippen LogP contribution in [0.25, 0.3) is 97.9 Å². The van der Waals surface area contributed by atoms with Crippen LogP contribution in [0.1, 0.15) is 99.6 Å². The second kappa shape index (κ2) is 38.1. The van der Waals surface area contributed by atoms with Crippen LogP contribution >= 0.6 is 27.5 Å². The van der Waals surface area contributed by atoms with E-state index in [1.807, 2.05) is 111 Å². The Labute approximate surface area is 626 Å². The first-order valence-electron chi connectivity index (χ1n) is 31.2. The van der Waals surface area contributed by atoms with Gasteiger partial charge in [-0.15, -0.1) is 0 Å². The summed E-state index contributed by atoms with van der Waals surface area (Å²) in [6.07, 6.45) is 22.7. The molecule has 0 spiro atoms. The van der Waals surface area contributed by atoms with Crippen LogP contribution in [0.2, 0.25) is 5.15 Å². The van der Waals surface area contributed by atoms with Gasteiger partial charge in [0.15, 0.2) is 22.9 Å². The number of aryl methyl sites for hydroxylation is 5. The van der Waals surface area contributed by atoms with Crippen LogP contribution in [-0.2, 0) is 4.79 Å². The molecule has 2 aliphatic carbocycles. The summed E-state index contributed by atoms with van der Waals surface area (Å²) >= 11 is 9.14. The number of H-pyrrole nitrogens is 1. The van der Waals surface area contributed by atoms with Gasteiger partial charge in [0.05, 0.1) is 74.8 Å². The van der Waals surface area contributed by atoms with E-state index in [0.29, 0.717) is 34.0 Å². The van der Waals surface area contributed by atoms with Crippen LogP contribution in [0.4, 0.5) is 16.0 Å². The molecule has 522 valence electrons. The number of aromatic nitrogens is 19. The molecule has 15 aromatic rings. The maximum Gasteiger partial charge on any atom is 1.00 e. The fourth-order valence-corrected chi connectivity index (χ4v) is 11.2. The van der Waals surface area contributed by atoms with Gasteiger partial charge in [0.25, 0.3) is 5.56 Å². The Balaban J connectivity index is 0.000000198. The summed E-state index contributed by atoms with van der Waals surface area (Å²) in [6.45, 7) is 11.9. The third kappa shape index (κ3) is 19.1. The quantitative estimate of drug-likeness (QED) is 0.0347. The number of pyridine rings is 10. The van der Waals surface area contributed by atoms with Gasteiger partial charge in [-0.25, -0.2) is 34.0 Å². The smallest absolute Gasteiger partial charge is 0.400 e. The van der Waals surface area contributed by atoms with E-state index in [9.17, 15) is 14.0 Å². The van der Waals surface area contributed by atoms with Gasteiger partial charge in [-0.2, -0.15) is 10.2 Å². The zero-order valence-corrected chi connectivity index (χ0v) is 60.1. The van der Waals surface area contributed by atoms with Gasteiger partial charge in [-0.05, 0) is 156 Å². The van der Waals surface area contributed by atoms with Crippen molar-refractivity contribution in [2.24, 2.45) is 11.0 Å². The number of aliphatic hydroxyl groups excluding tert-OH is 1. The van der Waals surface area contributed by atoms with Crippen LogP contribution in [0.15, 0.2) is 175 Å². The number of ketones is 1. The van der Waals surface area contributed by atoms with Crippen LogP contribution in [0.3, 0.4) is 0 Å². The molecule has 0 aliphatic heterocycles. The molecule has 2 saturated carbocycles. The predicted molar refractivity (Wildman–Crippen MR) is 398 cm³/mol. The van der Waals surface area contributed by atoms with E-state index in [-0.39, 0.29) is 72.4 Å². The number of alkyl halides is 2. The molecule has 0 bridgehead atoms. The van der Waals surface area contributed by atoms with E-state index < -0.39 is 7.15 Å². The number of Topliss-reactive ketones (excluding diaryl/α,β-unsaturated/α-hetero) is 1. The van der Waals surface area contributed by atoms with E-state index in [1.165, 1.54) is 10.6 Å².